The Labute approximate surface area is 208 Å². The van der Waals surface area contributed by atoms with Crippen LogP contribution in [-0.4, -0.2) is 34.6 Å². The lowest BCUT2D eigenvalue weighted by Gasteiger charge is -2.24. The van der Waals surface area contributed by atoms with Gasteiger partial charge in [-0.1, -0.05) is 82.3 Å². The minimum absolute atomic E-state index is 0.183. The fraction of sp³-hybridized carbons (Fsp3) is 0.833. The number of hydrogen-bond acceptors (Lipinski definition) is 3. The Kier molecular flexibility index (Phi) is 25.8. The van der Waals surface area contributed by atoms with E-state index in [0.29, 0.717) is 13.2 Å². The van der Waals surface area contributed by atoms with Crippen molar-refractivity contribution in [1.29, 1.82) is 0 Å². The molecule has 0 aromatic heterocycles. The molecule has 0 saturated heterocycles. The summed E-state index contributed by atoms with van der Waals surface area (Å²) in [6, 6.07) is 0. The van der Waals surface area contributed by atoms with Crippen LogP contribution in [0.15, 0.2) is 24.3 Å². The van der Waals surface area contributed by atoms with E-state index >= 15 is 0 Å². The van der Waals surface area contributed by atoms with Crippen LogP contribution in [0.25, 0.3) is 0 Å². The molecule has 0 spiro atoms. The third-order valence-corrected chi connectivity index (χ3v) is 6.01. The van der Waals surface area contributed by atoms with Crippen molar-refractivity contribution in [1.82, 2.24) is 0 Å². The van der Waals surface area contributed by atoms with Gasteiger partial charge in [0.2, 0.25) is 0 Å². The van der Waals surface area contributed by atoms with Gasteiger partial charge in [-0.2, -0.15) is 0 Å². The smallest absolute Gasteiger partial charge is 0.161 e. The lowest BCUT2D eigenvalue weighted by molar-refractivity contribution is -0.246. The number of alkyl halides is 2. The van der Waals surface area contributed by atoms with Gasteiger partial charge in [-0.05, 0) is 74.1 Å². The Morgan fingerprint density at radius 3 is 1.38 bits per heavy atom. The lowest BCUT2D eigenvalue weighted by atomic mass is 10.2. The van der Waals surface area contributed by atoms with Crippen LogP contribution < -0.4 is 0 Å². The molecular weight excluding hydrogens is 590 g/mol. The molecule has 3 nitrogen and oxygen atoms in total. The van der Waals surface area contributed by atoms with Crippen molar-refractivity contribution in [3.05, 3.63) is 24.3 Å². The molecule has 0 bridgehead atoms. The van der Waals surface area contributed by atoms with Gasteiger partial charge >= 0.3 is 0 Å². The summed E-state index contributed by atoms with van der Waals surface area (Å²) >= 11 is 4.90. The summed E-state index contributed by atoms with van der Waals surface area (Å²) in [4.78, 5) is 0. The number of allylic oxidation sites excluding steroid dienone is 4. The molecule has 0 fully saturated rings. The van der Waals surface area contributed by atoms with E-state index in [4.69, 9.17) is 14.2 Å². The zero-order chi connectivity index (χ0) is 21.4. The minimum atomic E-state index is -0.183. The molecule has 2 atom stereocenters. The van der Waals surface area contributed by atoms with Gasteiger partial charge in [-0.25, -0.2) is 0 Å². The first-order valence-electron chi connectivity index (χ1n) is 11.6. The van der Waals surface area contributed by atoms with E-state index in [1.165, 1.54) is 60.2 Å². The monoisotopic (exact) mass is 634 g/mol. The van der Waals surface area contributed by atoms with Crippen molar-refractivity contribution in [3.63, 3.8) is 0 Å². The van der Waals surface area contributed by atoms with E-state index in [-0.39, 0.29) is 12.6 Å². The normalized spacial score (nSPS) is 14.2. The van der Waals surface area contributed by atoms with E-state index in [1.54, 1.807) is 0 Å². The van der Waals surface area contributed by atoms with Crippen molar-refractivity contribution in [2.24, 2.45) is 0 Å². The molecule has 172 valence electrons. The molecule has 0 aliphatic heterocycles. The average molecular weight is 634 g/mol. The number of unbranched alkanes of at least 4 members (excludes halogenated alkanes) is 6. The van der Waals surface area contributed by atoms with Gasteiger partial charge in [0.15, 0.2) is 12.6 Å². The topological polar surface area (TPSA) is 27.7 Å². The Morgan fingerprint density at radius 1 is 0.586 bits per heavy atom. The van der Waals surface area contributed by atoms with Crippen LogP contribution in [0.3, 0.4) is 0 Å². The number of halogens is 2. The molecule has 0 aliphatic rings. The second-order valence-electron chi connectivity index (χ2n) is 7.08. The van der Waals surface area contributed by atoms with Crippen LogP contribution in [0.5, 0.6) is 0 Å². The summed E-state index contributed by atoms with van der Waals surface area (Å²) in [5.41, 5.74) is 0. The summed E-state index contributed by atoms with van der Waals surface area (Å²) in [6.45, 7) is 5.38. The minimum Gasteiger partial charge on any atom is -0.353 e. The first-order chi connectivity index (χ1) is 14.3. The van der Waals surface area contributed by atoms with Crippen molar-refractivity contribution in [2.45, 2.75) is 103 Å². The maximum Gasteiger partial charge on any atom is 0.161 e. The van der Waals surface area contributed by atoms with Gasteiger partial charge in [0.05, 0.1) is 0 Å². The van der Waals surface area contributed by atoms with Crippen molar-refractivity contribution in [2.75, 3.05) is 22.1 Å². The number of rotatable bonds is 22. The van der Waals surface area contributed by atoms with E-state index in [1.807, 2.05) is 13.8 Å². The predicted octanol–water partition coefficient (Wildman–Crippen LogP) is 8.39. The predicted molar refractivity (Wildman–Crippen MR) is 143 cm³/mol. The van der Waals surface area contributed by atoms with Crippen LogP contribution in [0.1, 0.15) is 90.9 Å². The number of hydrogen-bond donors (Lipinski definition) is 0. The average Bonchev–Trinajstić information content (AvgIpc) is 2.72. The third-order valence-electron chi connectivity index (χ3n) is 4.49. The lowest BCUT2D eigenvalue weighted by Crippen LogP contribution is -2.27. The second kappa shape index (κ2) is 25.1. The van der Waals surface area contributed by atoms with Crippen LogP contribution in [0.2, 0.25) is 0 Å². The van der Waals surface area contributed by atoms with E-state index in [2.05, 4.69) is 69.5 Å². The molecule has 0 aromatic carbocycles. The molecule has 0 heterocycles. The van der Waals surface area contributed by atoms with Crippen LogP contribution >= 0.6 is 45.2 Å². The molecule has 0 amide bonds. The zero-order valence-corrected chi connectivity index (χ0v) is 23.1. The fourth-order valence-electron chi connectivity index (χ4n) is 2.93. The van der Waals surface area contributed by atoms with E-state index < -0.39 is 0 Å². The highest BCUT2D eigenvalue weighted by Gasteiger charge is 2.16. The molecule has 0 N–H and O–H groups in total. The van der Waals surface area contributed by atoms with Crippen molar-refractivity contribution >= 4 is 45.2 Å². The zero-order valence-electron chi connectivity index (χ0n) is 18.8. The van der Waals surface area contributed by atoms with Crippen molar-refractivity contribution in [3.8, 4) is 0 Å². The molecule has 29 heavy (non-hydrogen) atoms. The van der Waals surface area contributed by atoms with Crippen LogP contribution in [-0.2, 0) is 14.2 Å². The maximum absolute atomic E-state index is 6.14. The second-order valence-corrected chi connectivity index (χ2v) is 9.24. The highest BCUT2D eigenvalue weighted by Crippen LogP contribution is 2.14. The van der Waals surface area contributed by atoms with Crippen LogP contribution in [0.4, 0.5) is 0 Å². The highest BCUT2D eigenvalue weighted by atomic mass is 127. The van der Waals surface area contributed by atoms with Gasteiger partial charge < -0.3 is 14.2 Å². The van der Waals surface area contributed by atoms with Gasteiger partial charge in [0, 0.05) is 26.1 Å². The van der Waals surface area contributed by atoms with E-state index in [9.17, 15) is 0 Å². The molecule has 0 radical (unpaired) electrons. The summed E-state index contributed by atoms with van der Waals surface area (Å²) < 4.78 is 20.3. The molecule has 5 heteroatoms. The largest absolute Gasteiger partial charge is 0.353 e. The van der Waals surface area contributed by atoms with Gasteiger partial charge in [-0.15, -0.1) is 0 Å². The van der Waals surface area contributed by atoms with Crippen LogP contribution in [0, 0.1) is 0 Å². The molecule has 0 aromatic rings. The number of ether oxygens (including phenoxy) is 3. The Balaban J connectivity index is 4.11. The first kappa shape index (κ1) is 29.8. The van der Waals surface area contributed by atoms with E-state index in [0.717, 1.165) is 25.7 Å². The van der Waals surface area contributed by atoms with Gasteiger partial charge in [0.1, 0.15) is 0 Å². The quantitative estimate of drug-likeness (QED) is 0.0394. The molecule has 2 unspecified atom stereocenters. The molecule has 0 rings (SSSR count). The van der Waals surface area contributed by atoms with Gasteiger partial charge in [-0.3, -0.25) is 0 Å². The molecular formula is C24H44I2O3. The van der Waals surface area contributed by atoms with Crippen molar-refractivity contribution < 1.29 is 14.2 Å². The third kappa shape index (κ3) is 21.8. The summed E-state index contributed by atoms with van der Waals surface area (Å²) in [5, 5.41) is 0. The summed E-state index contributed by atoms with van der Waals surface area (Å²) in [5.74, 6) is 0. The highest BCUT2D eigenvalue weighted by molar-refractivity contribution is 14.1. The molecule has 0 aliphatic carbocycles. The van der Waals surface area contributed by atoms with Gasteiger partial charge in [0.25, 0.3) is 0 Å². The SMILES string of the molecule is CCOC(CCC=CCCCCCI)OC(CCC=CCCCCCI)OCC. The Bertz CT molecular complexity index is 341. The molecule has 0 saturated carbocycles. The summed E-state index contributed by atoms with van der Waals surface area (Å²) in [6.07, 6.45) is 22.8. The first-order valence-corrected chi connectivity index (χ1v) is 14.6. The standard InChI is InChI=1S/C24H44I2O3/c1-3-27-23(19-15-11-7-5-9-13-17-21-25)29-24(28-4-2)20-16-12-8-6-10-14-18-22-26/h7-8,11-12,23-24H,3-6,9-10,13-22H2,1-2H3. The Morgan fingerprint density at radius 2 is 1.00 bits per heavy atom. The maximum atomic E-state index is 6.14. The Hall–Kier alpha value is 0.820. The fourth-order valence-corrected chi connectivity index (χ4v) is 4.00. The summed E-state index contributed by atoms with van der Waals surface area (Å²) in [7, 11) is 0.